The Balaban J connectivity index is 2.03. The van der Waals surface area contributed by atoms with Gasteiger partial charge >= 0.3 is 0 Å². The zero-order valence-corrected chi connectivity index (χ0v) is 15.4. The van der Waals surface area contributed by atoms with E-state index in [1.165, 1.54) is 5.57 Å². The lowest BCUT2D eigenvalue weighted by Gasteiger charge is -2.13. The first-order valence-corrected chi connectivity index (χ1v) is 8.43. The Hall–Kier alpha value is -3.01. The summed E-state index contributed by atoms with van der Waals surface area (Å²) in [4.78, 5) is 4.80. The van der Waals surface area contributed by atoms with Gasteiger partial charge in [-0.05, 0) is 47.5 Å². The summed E-state index contributed by atoms with van der Waals surface area (Å²) in [7, 11) is 4.98. The van der Waals surface area contributed by atoms with Crippen LogP contribution < -0.4 is 9.47 Å². The first-order valence-electron chi connectivity index (χ1n) is 8.43. The number of allylic oxidation sites excluding steroid dienone is 2. The summed E-state index contributed by atoms with van der Waals surface area (Å²) in [6.45, 7) is 4.61. The lowest BCUT2D eigenvalue weighted by Crippen LogP contribution is -2.03. The molecule has 0 fully saturated rings. The van der Waals surface area contributed by atoms with Gasteiger partial charge in [-0.1, -0.05) is 18.7 Å². The molecule has 0 bridgehead atoms. The quantitative estimate of drug-likeness (QED) is 0.691. The molecule has 26 heavy (non-hydrogen) atoms. The molecule has 0 spiro atoms. The van der Waals surface area contributed by atoms with Crippen molar-refractivity contribution in [3.63, 3.8) is 0 Å². The highest BCUT2D eigenvalue weighted by Gasteiger charge is 2.23. The van der Waals surface area contributed by atoms with E-state index in [2.05, 4.69) is 18.7 Å². The number of aliphatic imine (C=N–C) groups is 1. The molecule has 2 aromatic rings. The maximum Gasteiger partial charge on any atom is 0.118 e. The van der Waals surface area contributed by atoms with E-state index in [1.807, 2.05) is 36.4 Å². The summed E-state index contributed by atoms with van der Waals surface area (Å²) in [6, 6.07) is 16.0. The monoisotopic (exact) mass is 349 g/mol. The molecule has 0 saturated heterocycles. The third-order valence-corrected chi connectivity index (χ3v) is 4.46. The van der Waals surface area contributed by atoms with Crippen LogP contribution in [0.25, 0.3) is 5.57 Å². The molecule has 1 aliphatic rings. The lowest BCUT2D eigenvalue weighted by atomic mass is 9.92. The van der Waals surface area contributed by atoms with Gasteiger partial charge < -0.3 is 14.2 Å². The van der Waals surface area contributed by atoms with Crippen molar-refractivity contribution in [3.05, 3.63) is 77.6 Å². The zero-order chi connectivity index (χ0) is 18.5. The zero-order valence-electron chi connectivity index (χ0n) is 15.4. The summed E-state index contributed by atoms with van der Waals surface area (Å²) in [5.41, 5.74) is 5.49. The largest absolute Gasteiger partial charge is 0.501 e. The molecule has 3 rings (SSSR count). The molecule has 2 aromatic carbocycles. The predicted molar refractivity (Wildman–Crippen MR) is 105 cm³/mol. The van der Waals surface area contributed by atoms with Crippen molar-refractivity contribution in [1.82, 2.24) is 0 Å². The van der Waals surface area contributed by atoms with E-state index in [4.69, 9.17) is 19.2 Å². The molecule has 0 unspecified atom stereocenters. The molecule has 1 heterocycles. The van der Waals surface area contributed by atoms with Crippen molar-refractivity contribution in [2.45, 2.75) is 6.42 Å². The van der Waals surface area contributed by atoms with Crippen LogP contribution in [0, 0.1) is 0 Å². The fraction of sp³-hybridized carbons (Fsp3) is 0.227. The van der Waals surface area contributed by atoms with Crippen molar-refractivity contribution in [1.29, 1.82) is 0 Å². The fourth-order valence-corrected chi connectivity index (χ4v) is 3.04. The highest BCUT2D eigenvalue weighted by Crippen LogP contribution is 2.33. The molecule has 0 N–H and O–H groups in total. The van der Waals surface area contributed by atoms with Crippen LogP contribution in [-0.2, 0) is 4.74 Å². The van der Waals surface area contributed by atoms with E-state index < -0.39 is 0 Å². The topological polar surface area (TPSA) is 40.0 Å². The van der Waals surface area contributed by atoms with Crippen molar-refractivity contribution in [2.75, 3.05) is 27.9 Å². The predicted octanol–water partition coefficient (Wildman–Crippen LogP) is 4.51. The van der Waals surface area contributed by atoms with Gasteiger partial charge in [-0.3, -0.25) is 4.99 Å². The molecule has 1 aliphatic heterocycles. The molecule has 4 nitrogen and oxygen atoms in total. The number of benzene rings is 2. The Kier molecular flexibility index (Phi) is 5.42. The second-order valence-corrected chi connectivity index (χ2v) is 6.02. The number of nitrogens with zero attached hydrogens (tertiary/aromatic N) is 1. The Morgan fingerprint density at radius 2 is 1.42 bits per heavy atom. The summed E-state index contributed by atoms with van der Waals surface area (Å²) in [6.07, 6.45) is 0.668. The van der Waals surface area contributed by atoms with Crippen molar-refractivity contribution < 1.29 is 14.2 Å². The molecule has 0 aliphatic carbocycles. The number of hydrogen-bond donors (Lipinski definition) is 0. The van der Waals surface area contributed by atoms with Gasteiger partial charge in [0.1, 0.15) is 11.5 Å². The molecule has 134 valence electrons. The third-order valence-electron chi connectivity index (χ3n) is 4.46. The van der Waals surface area contributed by atoms with Gasteiger partial charge in [-0.2, -0.15) is 0 Å². The summed E-state index contributed by atoms with van der Waals surface area (Å²) >= 11 is 0. The molecule has 0 aromatic heterocycles. The van der Waals surface area contributed by atoms with E-state index in [9.17, 15) is 0 Å². The van der Waals surface area contributed by atoms with Crippen molar-refractivity contribution in [2.24, 2.45) is 4.99 Å². The Labute approximate surface area is 154 Å². The van der Waals surface area contributed by atoms with Gasteiger partial charge in [-0.15, -0.1) is 0 Å². The Morgan fingerprint density at radius 3 is 1.92 bits per heavy atom. The molecule has 0 atom stereocenters. The summed E-state index contributed by atoms with van der Waals surface area (Å²) in [5.74, 6) is 2.39. The van der Waals surface area contributed by atoms with Crippen LogP contribution in [-0.4, -0.2) is 33.6 Å². The summed E-state index contributed by atoms with van der Waals surface area (Å²) in [5, 5.41) is 0. The highest BCUT2D eigenvalue weighted by atomic mass is 16.5. The first kappa shape index (κ1) is 17.8. The van der Waals surface area contributed by atoms with Gasteiger partial charge in [0.25, 0.3) is 0 Å². The fourth-order valence-electron chi connectivity index (χ4n) is 3.04. The van der Waals surface area contributed by atoms with Crippen molar-refractivity contribution >= 4 is 11.3 Å². The molecule has 0 amide bonds. The molecule has 0 saturated carbocycles. The van der Waals surface area contributed by atoms with E-state index in [0.717, 1.165) is 39.7 Å². The second kappa shape index (κ2) is 7.91. The number of hydrogen-bond acceptors (Lipinski definition) is 4. The SMILES string of the molecule is C=C(CC1=C(c2ccc(OC)cc2)C(c2ccc(OC)cc2)=NC1)OC. The normalized spacial score (nSPS) is 13.4. The minimum absolute atomic E-state index is 0.644. The maximum atomic E-state index is 5.29. The van der Waals surface area contributed by atoms with Crippen LogP contribution in [0.15, 0.2) is 71.4 Å². The van der Waals surface area contributed by atoms with Crippen LogP contribution in [0.1, 0.15) is 17.5 Å². The lowest BCUT2D eigenvalue weighted by molar-refractivity contribution is 0.285. The minimum atomic E-state index is 0.644. The van der Waals surface area contributed by atoms with Gasteiger partial charge in [0.2, 0.25) is 0 Å². The minimum Gasteiger partial charge on any atom is -0.501 e. The van der Waals surface area contributed by atoms with Gasteiger partial charge in [0.05, 0.1) is 39.3 Å². The van der Waals surface area contributed by atoms with Crippen LogP contribution in [0.3, 0.4) is 0 Å². The first-order chi connectivity index (χ1) is 12.7. The van der Waals surface area contributed by atoms with E-state index in [-0.39, 0.29) is 0 Å². The number of rotatable bonds is 7. The Morgan fingerprint density at radius 1 is 0.885 bits per heavy atom. The van der Waals surface area contributed by atoms with Gasteiger partial charge in [0, 0.05) is 17.6 Å². The molecule has 0 radical (unpaired) electrons. The maximum absolute atomic E-state index is 5.29. The van der Waals surface area contributed by atoms with Crippen LogP contribution in [0.2, 0.25) is 0 Å². The molecular formula is C22H23NO3. The van der Waals surface area contributed by atoms with Gasteiger partial charge in [0.15, 0.2) is 0 Å². The Bertz CT molecular complexity index is 846. The van der Waals surface area contributed by atoms with E-state index in [1.54, 1.807) is 21.3 Å². The highest BCUT2D eigenvalue weighted by molar-refractivity contribution is 6.34. The average molecular weight is 349 g/mol. The smallest absolute Gasteiger partial charge is 0.118 e. The number of methoxy groups -OCH3 is 3. The summed E-state index contributed by atoms with van der Waals surface area (Å²) < 4.78 is 15.8. The second-order valence-electron chi connectivity index (χ2n) is 6.02. The molecular weight excluding hydrogens is 326 g/mol. The van der Waals surface area contributed by atoms with Crippen LogP contribution >= 0.6 is 0 Å². The van der Waals surface area contributed by atoms with E-state index in [0.29, 0.717) is 13.0 Å². The third kappa shape index (κ3) is 3.64. The van der Waals surface area contributed by atoms with Crippen molar-refractivity contribution in [3.8, 4) is 11.5 Å². The van der Waals surface area contributed by atoms with E-state index >= 15 is 0 Å². The molecule has 4 heteroatoms. The number of ether oxygens (including phenoxy) is 3. The van der Waals surface area contributed by atoms with Crippen LogP contribution in [0.4, 0.5) is 0 Å². The standard InChI is InChI=1S/C22H23NO3/c1-15(24-2)13-18-14-23-22(17-7-11-20(26-4)12-8-17)21(18)16-5-9-19(25-3)10-6-16/h5-12H,1,13-14H2,2-4H3. The van der Waals surface area contributed by atoms with Crippen LogP contribution in [0.5, 0.6) is 11.5 Å². The average Bonchev–Trinajstić information content (AvgIpc) is 3.11. The van der Waals surface area contributed by atoms with Gasteiger partial charge in [-0.25, -0.2) is 0 Å².